The van der Waals surface area contributed by atoms with Crippen LogP contribution in [0.1, 0.15) is 16.5 Å². The number of hydrogen-bond acceptors (Lipinski definition) is 0. The molecule has 0 saturated carbocycles. The Bertz CT molecular complexity index is 583. The third-order valence-corrected chi connectivity index (χ3v) is 4.03. The molecule has 5 heteroatoms. The Kier molecular flexibility index (Phi) is 4.39. The van der Waals surface area contributed by atoms with E-state index in [-0.39, 0.29) is 5.02 Å². The molecule has 0 spiro atoms. The maximum atomic E-state index is 13.0. The quantitative estimate of drug-likeness (QED) is 0.584. The van der Waals surface area contributed by atoms with Gasteiger partial charge in [-0.15, -0.1) is 11.6 Å². The summed E-state index contributed by atoms with van der Waals surface area (Å²) in [7, 11) is 0. The third kappa shape index (κ3) is 2.92. The standard InChI is InChI=1S/C13H7Cl4F/c14-10-4-1-7(5-12(10)16)13(17)9-3-2-8(18)6-11(9)15/h1-6,13H. The van der Waals surface area contributed by atoms with Gasteiger partial charge in [0.15, 0.2) is 0 Å². The lowest BCUT2D eigenvalue weighted by Gasteiger charge is -2.13. The van der Waals surface area contributed by atoms with Gasteiger partial charge in [0.1, 0.15) is 5.82 Å². The van der Waals surface area contributed by atoms with Crippen LogP contribution in [-0.2, 0) is 0 Å². The van der Waals surface area contributed by atoms with Crippen molar-refractivity contribution in [1.29, 1.82) is 0 Å². The van der Waals surface area contributed by atoms with Crippen LogP contribution in [0.5, 0.6) is 0 Å². The summed E-state index contributed by atoms with van der Waals surface area (Å²) in [6, 6.07) is 9.18. The second-order valence-electron chi connectivity index (χ2n) is 3.70. The van der Waals surface area contributed by atoms with E-state index < -0.39 is 11.2 Å². The molecule has 2 aromatic rings. The Hall–Kier alpha value is -0.470. The summed E-state index contributed by atoms with van der Waals surface area (Å²) in [4.78, 5) is 0. The molecule has 18 heavy (non-hydrogen) atoms. The second kappa shape index (κ2) is 5.66. The Morgan fingerprint density at radius 3 is 2.17 bits per heavy atom. The molecule has 94 valence electrons. The predicted octanol–water partition coefficient (Wildman–Crippen LogP) is 6.11. The van der Waals surface area contributed by atoms with Crippen molar-refractivity contribution >= 4 is 46.4 Å². The molecular formula is C13H7Cl4F. The summed E-state index contributed by atoms with van der Waals surface area (Å²) in [5, 5.41) is 0.640. The van der Waals surface area contributed by atoms with Crippen molar-refractivity contribution in [2.24, 2.45) is 0 Å². The zero-order chi connectivity index (χ0) is 13.3. The molecule has 2 rings (SSSR count). The number of alkyl halides is 1. The van der Waals surface area contributed by atoms with Gasteiger partial charge in [0, 0.05) is 5.02 Å². The van der Waals surface area contributed by atoms with E-state index in [1.54, 1.807) is 24.3 Å². The zero-order valence-electron chi connectivity index (χ0n) is 8.93. The van der Waals surface area contributed by atoms with Gasteiger partial charge in [-0.2, -0.15) is 0 Å². The Labute approximate surface area is 124 Å². The SMILES string of the molecule is Fc1ccc(C(Cl)c2ccc(Cl)c(Cl)c2)c(Cl)c1. The average molecular weight is 324 g/mol. The van der Waals surface area contributed by atoms with E-state index in [2.05, 4.69) is 0 Å². The summed E-state index contributed by atoms with van der Waals surface area (Å²) in [6.45, 7) is 0. The summed E-state index contributed by atoms with van der Waals surface area (Å²) in [5.41, 5.74) is 1.37. The normalized spacial score (nSPS) is 12.5. The lowest BCUT2D eigenvalue weighted by atomic mass is 10.0. The van der Waals surface area contributed by atoms with Gasteiger partial charge >= 0.3 is 0 Å². The molecule has 0 aliphatic carbocycles. The summed E-state index contributed by atoms with van der Waals surface area (Å²) in [5.74, 6) is -0.401. The highest BCUT2D eigenvalue weighted by atomic mass is 35.5. The van der Waals surface area contributed by atoms with E-state index in [1.165, 1.54) is 12.1 Å². The van der Waals surface area contributed by atoms with Crippen molar-refractivity contribution in [3.05, 3.63) is 68.4 Å². The number of hydrogen-bond donors (Lipinski definition) is 0. The van der Waals surface area contributed by atoms with Crippen molar-refractivity contribution in [2.45, 2.75) is 5.38 Å². The Morgan fingerprint density at radius 2 is 1.56 bits per heavy atom. The lowest BCUT2D eigenvalue weighted by Crippen LogP contribution is -1.95. The van der Waals surface area contributed by atoms with E-state index in [9.17, 15) is 4.39 Å². The van der Waals surface area contributed by atoms with E-state index in [4.69, 9.17) is 46.4 Å². The van der Waals surface area contributed by atoms with Crippen LogP contribution in [0.3, 0.4) is 0 Å². The average Bonchev–Trinajstić information content (AvgIpc) is 2.32. The van der Waals surface area contributed by atoms with Crippen molar-refractivity contribution in [2.75, 3.05) is 0 Å². The Balaban J connectivity index is 2.41. The van der Waals surface area contributed by atoms with Gasteiger partial charge in [-0.1, -0.05) is 46.9 Å². The van der Waals surface area contributed by atoms with Crippen LogP contribution in [0.25, 0.3) is 0 Å². The van der Waals surface area contributed by atoms with E-state index in [0.717, 1.165) is 5.56 Å². The van der Waals surface area contributed by atoms with Crippen molar-refractivity contribution < 1.29 is 4.39 Å². The molecule has 1 unspecified atom stereocenters. The summed E-state index contributed by atoms with van der Waals surface area (Å²) in [6.07, 6.45) is 0. The topological polar surface area (TPSA) is 0 Å². The molecule has 0 aromatic heterocycles. The molecule has 0 amide bonds. The fraction of sp³-hybridized carbons (Fsp3) is 0.0769. The van der Waals surface area contributed by atoms with Gasteiger partial charge in [0.2, 0.25) is 0 Å². The van der Waals surface area contributed by atoms with Gasteiger partial charge in [0.05, 0.1) is 15.4 Å². The molecule has 0 fully saturated rings. The van der Waals surface area contributed by atoms with Crippen molar-refractivity contribution in [3.63, 3.8) is 0 Å². The minimum atomic E-state index is -0.507. The van der Waals surface area contributed by atoms with Crippen LogP contribution in [0.4, 0.5) is 4.39 Å². The summed E-state index contributed by atoms with van der Waals surface area (Å²) < 4.78 is 13.0. The highest BCUT2D eigenvalue weighted by Crippen LogP contribution is 2.36. The molecule has 2 aromatic carbocycles. The third-order valence-electron chi connectivity index (χ3n) is 2.47. The molecule has 0 N–H and O–H groups in total. The molecule has 0 saturated heterocycles. The molecule has 0 nitrogen and oxygen atoms in total. The van der Waals surface area contributed by atoms with Gasteiger partial charge in [-0.05, 0) is 35.4 Å². The molecule has 0 aliphatic rings. The fourth-order valence-corrected chi connectivity index (χ4v) is 2.52. The lowest BCUT2D eigenvalue weighted by molar-refractivity contribution is 0.627. The molecule has 1 atom stereocenters. The van der Waals surface area contributed by atoms with Gasteiger partial charge in [0.25, 0.3) is 0 Å². The first kappa shape index (κ1) is 14.0. The second-order valence-corrected chi connectivity index (χ2v) is 5.36. The van der Waals surface area contributed by atoms with E-state index in [0.29, 0.717) is 15.6 Å². The molecule has 0 heterocycles. The highest BCUT2D eigenvalue weighted by molar-refractivity contribution is 6.42. The van der Waals surface area contributed by atoms with Crippen LogP contribution in [0.15, 0.2) is 36.4 Å². The van der Waals surface area contributed by atoms with Crippen LogP contribution in [0.2, 0.25) is 15.1 Å². The van der Waals surface area contributed by atoms with Crippen molar-refractivity contribution in [1.82, 2.24) is 0 Å². The Morgan fingerprint density at radius 1 is 0.833 bits per heavy atom. The number of halogens is 5. The van der Waals surface area contributed by atoms with Crippen LogP contribution in [0, 0.1) is 5.82 Å². The van der Waals surface area contributed by atoms with Crippen LogP contribution < -0.4 is 0 Å². The van der Waals surface area contributed by atoms with Crippen LogP contribution >= 0.6 is 46.4 Å². The van der Waals surface area contributed by atoms with Gasteiger partial charge < -0.3 is 0 Å². The van der Waals surface area contributed by atoms with Crippen molar-refractivity contribution in [3.8, 4) is 0 Å². The molecular weight excluding hydrogens is 317 g/mol. The number of benzene rings is 2. The van der Waals surface area contributed by atoms with Crippen LogP contribution in [-0.4, -0.2) is 0 Å². The first-order chi connectivity index (χ1) is 8.49. The zero-order valence-corrected chi connectivity index (χ0v) is 12.0. The molecule has 0 aliphatic heterocycles. The minimum Gasteiger partial charge on any atom is -0.207 e. The fourth-order valence-electron chi connectivity index (χ4n) is 1.56. The van der Waals surface area contributed by atoms with E-state index >= 15 is 0 Å². The maximum Gasteiger partial charge on any atom is 0.124 e. The summed E-state index contributed by atoms with van der Waals surface area (Å²) >= 11 is 24.0. The first-order valence-electron chi connectivity index (χ1n) is 5.03. The van der Waals surface area contributed by atoms with Gasteiger partial charge in [-0.3, -0.25) is 0 Å². The first-order valence-corrected chi connectivity index (χ1v) is 6.60. The minimum absolute atomic E-state index is 0.279. The predicted molar refractivity (Wildman–Crippen MR) is 75.6 cm³/mol. The van der Waals surface area contributed by atoms with E-state index in [1.807, 2.05) is 0 Å². The maximum absolute atomic E-state index is 13.0. The smallest absolute Gasteiger partial charge is 0.124 e. The monoisotopic (exact) mass is 322 g/mol. The van der Waals surface area contributed by atoms with Gasteiger partial charge in [-0.25, -0.2) is 4.39 Å². The molecule has 0 bridgehead atoms. The number of rotatable bonds is 2. The molecule has 0 radical (unpaired) electrons. The largest absolute Gasteiger partial charge is 0.207 e. The highest BCUT2D eigenvalue weighted by Gasteiger charge is 2.15.